The molecule has 0 aromatic carbocycles. The maximum Gasteiger partial charge on any atom is 0.254 e. The van der Waals surface area contributed by atoms with Crippen LogP contribution in [-0.4, -0.2) is 40.1 Å². The summed E-state index contributed by atoms with van der Waals surface area (Å²) in [6, 6.07) is 2.47. The molecule has 1 amide bonds. The molecule has 0 bridgehead atoms. The molecule has 86 valence electrons. The Balaban J connectivity index is 2.18. The van der Waals surface area contributed by atoms with Gasteiger partial charge in [0, 0.05) is 24.4 Å². The number of aliphatic hydroxyl groups excluding tert-OH is 1. The molecule has 1 aliphatic rings. The van der Waals surface area contributed by atoms with E-state index in [9.17, 15) is 9.18 Å². The second kappa shape index (κ2) is 4.57. The number of nitrogens with zero attached hydrogens (tertiary/aromatic N) is 2. The molecule has 1 saturated heterocycles. The van der Waals surface area contributed by atoms with Gasteiger partial charge in [0.1, 0.15) is 0 Å². The molecule has 4 nitrogen and oxygen atoms in total. The largest absolute Gasteiger partial charge is 0.394 e. The topological polar surface area (TPSA) is 53.4 Å². The number of aromatic nitrogens is 1. The van der Waals surface area contributed by atoms with Gasteiger partial charge in [-0.3, -0.25) is 4.79 Å². The maximum absolute atomic E-state index is 12.9. The lowest BCUT2D eigenvalue weighted by Crippen LogP contribution is -2.37. The molecule has 1 aromatic heterocycles. The number of pyridine rings is 1. The van der Waals surface area contributed by atoms with Crippen molar-refractivity contribution in [1.82, 2.24) is 9.88 Å². The van der Waals surface area contributed by atoms with Crippen LogP contribution in [0.2, 0.25) is 0 Å². The zero-order valence-electron chi connectivity index (χ0n) is 8.77. The van der Waals surface area contributed by atoms with Crippen molar-refractivity contribution in [2.45, 2.75) is 18.9 Å². The van der Waals surface area contributed by atoms with Gasteiger partial charge in [0.05, 0.1) is 12.6 Å². The average Bonchev–Trinajstić information content (AvgIpc) is 2.76. The molecule has 1 fully saturated rings. The van der Waals surface area contributed by atoms with E-state index in [0.29, 0.717) is 6.54 Å². The van der Waals surface area contributed by atoms with Gasteiger partial charge in [-0.15, -0.1) is 0 Å². The lowest BCUT2D eigenvalue weighted by molar-refractivity contribution is 0.0677. The predicted octanol–water partition coefficient (Wildman–Crippen LogP) is 0.818. The van der Waals surface area contributed by atoms with Crippen LogP contribution >= 0.6 is 0 Å². The zero-order chi connectivity index (χ0) is 11.5. The van der Waals surface area contributed by atoms with E-state index in [4.69, 9.17) is 5.11 Å². The van der Waals surface area contributed by atoms with E-state index in [-0.39, 0.29) is 24.1 Å². The first-order chi connectivity index (χ1) is 7.72. The molecule has 1 aliphatic heterocycles. The third-order valence-electron chi connectivity index (χ3n) is 2.82. The van der Waals surface area contributed by atoms with Gasteiger partial charge in [-0.25, -0.2) is 4.98 Å². The zero-order valence-corrected chi connectivity index (χ0v) is 8.77. The Bertz CT molecular complexity index is 397. The summed E-state index contributed by atoms with van der Waals surface area (Å²) in [7, 11) is 0. The Hall–Kier alpha value is -1.49. The summed E-state index contributed by atoms with van der Waals surface area (Å²) < 4.78 is 12.9. The summed E-state index contributed by atoms with van der Waals surface area (Å²) in [5, 5.41) is 9.11. The van der Waals surface area contributed by atoms with Crippen LogP contribution in [0.15, 0.2) is 18.3 Å². The number of likely N-dealkylation sites (tertiary alicyclic amines) is 1. The number of amides is 1. The summed E-state index contributed by atoms with van der Waals surface area (Å²) in [4.78, 5) is 17.0. The van der Waals surface area contributed by atoms with Crippen molar-refractivity contribution < 1.29 is 14.3 Å². The van der Waals surface area contributed by atoms with E-state index in [0.717, 1.165) is 18.9 Å². The van der Waals surface area contributed by atoms with Crippen LogP contribution in [0.1, 0.15) is 23.2 Å². The molecule has 2 rings (SSSR count). The number of hydrogen-bond donors (Lipinski definition) is 1. The van der Waals surface area contributed by atoms with E-state index in [1.165, 1.54) is 12.3 Å². The number of halogens is 1. The Morgan fingerprint density at radius 1 is 1.69 bits per heavy atom. The smallest absolute Gasteiger partial charge is 0.254 e. The summed E-state index contributed by atoms with van der Waals surface area (Å²) in [5.74, 6) is -0.900. The number of carbonyl (C=O) groups excluding carboxylic acids is 1. The highest BCUT2D eigenvalue weighted by molar-refractivity contribution is 5.94. The third-order valence-corrected chi connectivity index (χ3v) is 2.82. The van der Waals surface area contributed by atoms with Gasteiger partial charge in [0.15, 0.2) is 0 Å². The van der Waals surface area contributed by atoms with Gasteiger partial charge in [0.2, 0.25) is 5.95 Å². The Kier molecular flexibility index (Phi) is 3.14. The average molecular weight is 224 g/mol. The summed E-state index contributed by atoms with van der Waals surface area (Å²) in [5.41, 5.74) is 0.285. The molecule has 1 N–H and O–H groups in total. The van der Waals surface area contributed by atoms with Gasteiger partial charge in [-0.1, -0.05) is 0 Å². The van der Waals surface area contributed by atoms with Gasteiger partial charge in [-0.05, 0) is 18.9 Å². The first-order valence-corrected chi connectivity index (χ1v) is 5.26. The quantitative estimate of drug-likeness (QED) is 0.756. The van der Waals surface area contributed by atoms with Crippen LogP contribution in [0.5, 0.6) is 0 Å². The highest BCUT2D eigenvalue weighted by Gasteiger charge is 2.28. The lowest BCUT2D eigenvalue weighted by atomic mass is 10.2. The molecule has 16 heavy (non-hydrogen) atoms. The Labute approximate surface area is 92.7 Å². The van der Waals surface area contributed by atoms with Gasteiger partial charge in [0.25, 0.3) is 5.91 Å². The molecular formula is C11H13FN2O2. The SMILES string of the molecule is O=C(c1ccnc(F)c1)N1CCC[C@@H]1CO. The first-order valence-electron chi connectivity index (χ1n) is 5.26. The highest BCUT2D eigenvalue weighted by Crippen LogP contribution is 2.19. The van der Waals surface area contributed by atoms with E-state index < -0.39 is 5.95 Å². The number of aliphatic hydroxyl groups is 1. The Morgan fingerprint density at radius 2 is 2.50 bits per heavy atom. The van der Waals surface area contributed by atoms with E-state index in [1.807, 2.05) is 0 Å². The van der Waals surface area contributed by atoms with Crippen molar-refractivity contribution in [3.63, 3.8) is 0 Å². The van der Waals surface area contributed by atoms with Crippen LogP contribution < -0.4 is 0 Å². The minimum Gasteiger partial charge on any atom is -0.394 e. The standard InChI is InChI=1S/C11H13FN2O2/c12-10-6-8(3-4-13-10)11(16)14-5-1-2-9(14)7-15/h3-4,6,9,15H,1-2,5,7H2/t9-/m1/s1. The van der Waals surface area contributed by atoms with Crippen molar-refractivity contribution >= 4 is 5.91 Å². The molecule has 1 aromatic rings. The molecule has 1 atom stereocenters. The normalized spacial score (nSPS) is 20.1. The van der Waals surface area contributed by atoms with E-state index in [1.54, 1.807) is 4.90 Å². The summed E-state index contributed by atoms with van der Waals surface area (Å²) in [6.45, 7) is 0.577. The van der Waals surface area contributed by atoms with Gasteiger partial charge < -0.3 is 10.0 Å². The number of carbonyl (C=O) groups is 1. The van der Waals surface area contributed by atoms with Gasteiger partial charge in [-0.2, -0.15) is 4.39 Å². The maximum atomic E-state index is 12.9. The second-order valence-electron chi connectivity index (χ2n) is 3.84. The first kappa shape index (κ1) is 11.0. The molecule has 0 saturated carbocycles. The minimum absolute atomic E-state index is 0.0424. The van der Waals surface area contributed by atoms with Crippen molar-refractivity contribution in [2.24, 2.45) is 0 Å². The van der Waals surface area contributed by atoms with Crippen molar-refractivity contribution in [1.29, 1.82) is 0 Å². The fourth-order valence-corrected chi connectivity index (χ4v) is 1.99. The second-order valence-corrected chi connectivity index (χ2v) is 3.84. The van der Waals surface area contributed by atoms with Crippen molar-refractivity contribution in [2.75, 3.05) is 13.2 Å². The molecular weight excluding hydrogens is 211 g/mol. The summed E-state index contributed by atoms with van der Waals surface area (Å²) >= 11 is 0. The van der Waals surface area contributed by atoms with Crippen LogP contribution in [0, 0.1) is 5.95 Å². The monoisotopic (exact) mass is 224 g/mol. The van der Waals surface area contributed by atoms with Crippen LogP contribution in [-0.2, 0) is 0 Å². The fraction of sp³-hybridized carbons (Fsp3) is 0.455. The lowest BCUT2D eigenvalue weighted by Gasteiger charge is -2.22. The molecule has 5 heteroatoms. The molecule has 0 aliphatic carbocycles. The molecule has 0 spiro atoms. The summed E-state index contributed by atoms with van der Waals surface area (Å²) in [6.07, 6.45) is 2.95. The van der Waals surface area contributed by atoms with Crippen molar-refractivity contribution in [3.8, 4) is 0 Å². The molecule has 0 radical (unpaired) electrons. The number of hydrogen-bond acceptors (Lipinski definition) is 3. The van der Waals surface area contributed by atoms with Crippen LogP contribution in [0.25, 0.3) is 0 Å². The van der Waals surface area contributed by atoms with Gasteiger partial charge >= 0.3 is 0 Å². The van der Waals surface area contributed by atoms with E-state index in [2.05, 4.69) is 4.98 Å². The Morgan fingerprint density at radius 3 is 3.19 bits per heavy atom. The van der Waals surface area contributed by atoms with E-state index >= 15 is 0 Å². The highest BCUT2D eigenvalue weighted by atomic mass is 19.1. The minimum atomic E-state index is -0.661. The third kappa shape index (κ3) is 2.04. The van der Waals surface area contributed by atoms with Crippen LogP contribution in [0.4, 0.5) is 4.39 Å². The number of rotatable bonds is 2. The fourth-order valence-electron chi connectivity index (χ4n) is 1.99. The van der Waals surface area contributed by atoms with Crippen LogP contribution in [0.3, 0.4) is 0 Å². The van der Waals surface area contributed by atoms with Crippen molar-refractivity contribution in [3.05, 3.63) is 29.8 Å². The molecule has 0 unspecified atom stereocenters. The molecule has 2 heterocycles. The predicted molar refractivity (Wildman–Crippen MR) is 55.3 cm³/mol.